The van der Waals surface area contributed by atoms with E-state index in [1.807, 2.05) is 18.2 Å². The summed E-state index contributed by atoms with van der Waals surface area (Å²) in [4.78, 5) is 37.5. The second kappa shape index (κ2) is 8.17. The maximum Gasteiger partial charge on any atom is 0.325 e. The van der Waals surface area contributed by atoms with Crippen LogP contribution in [0.1, 0.15) is 56.7 Å². The number of nitrogens with two attached hydrogens (primary N) is 1. The Balaban J connectivity index is 0.00000261. The van der Waals surface area contributed by atoms with E-state index in [9.17, 15) is 14.4 Å². The van der Waals surface area contributed by atoms with E-state index in [0.29, 0.717) is 6.42 Å². The zero-order valence-electron chi connectivity index (χ0n) is 15.7. The maximum absolute atomic E-state index is 12.3. The summed E-state index contributed by atoms with van der Waals surface area (Å²) in [5, 5.41) is 5.71. The number of rotatable bonds is 5. The number of hydrogen-bond donors (Lipinski definition) is 3. The fraction of sp³-hybridized carbons (Fsp3) is 0.526. The van der Waals surface area contributed by atoms with Crippen molar-refractivity contribution in [2.75, 3.05) is 12.3 Å². The Morgan fingerprint density at radius 2 is 2.11 bits per heavy atom. The number of hydrogen-bond acceptors (Lipinski definition) is 4. The van der Waals surface area contributed by atoms with Gasteiger partial charge in [-0.05, 0) is 62.8 Å². The van der Waals surface area contributed by atoms with Crippen LogP contribution < -0.4 is 16.4 Å². The molecule has 27 heavy (non-hydrogen) atoms. The minimum atomic E-state index is -0.868. The first-order chi connectivity index (χ1) is 12.3. The molecule has 1 unspecified atom stereocenters. The Morgan fingerprint density at radius 1 is 1.37 bits per heavy atom. The van der Waals surface area contributed by atoms with E-state index in [4.69, 9.17) is 5.73 Å². The molecular weight excluding hydrogens is 368 g/mol. The Labute approximate surface area is 165 Å². The second-order valence-electron chi connectivity index (χ2n) is 7.59. The van der Waals surface area contributed by atoms with Crippen molar-refractivity contribution in [3.8, 4) is 0 Å². The number of aryl methyl sites for hydroxylation is 1. The number of fused-ring (bicyclic) bond motifs is 1. The number of amides is 4. The first-order valence-corrected chi connectivity index (χ1v) is 9.10. The molecule has 1 aromatic carbocycles. The minimum Gasteiger partial charge on any atom is -0.399 e. The molecule has 1 heterocycles. The van der Waals surface area contributed by atoms with Crippen molar-refractivity contribution < 1.29 is 14.4 Å². The zero-order chi connectivity index (χ0) is 18.9. The number of nitrogens with one attached hydrogen (secondary N) is 2. The third-order valence-corrected chi connectivity index (χ3v) is 5.05. The average Bonchev–Trinajstić information content (AvgIpc) is 2.76. The van der Waals surface area contributed by atoms with E-state index in [1.165, 1.54) is 10.5 Å². The van der Waals surface area contributed by atoms with E-state index >= 15 is 0 Å². The maximum atomic E-state index is 12.3. The van der Waals surface area contributed by atoms with E-state index in [0.717, 1.165) is 30.5 Å². The van der Waals surface area contributed by atoms with Crippen molar-refractivity contribution in [1.82, 2.24) is 15.5 Å². The molecular formula is C19H27ClN4O3. The van der Waals surface area contributed by atoms with Crippen LogP contribution in [0.2, 0.25) is 0 Å². The summed E-state index contributed by atoms with van der Waals surface area (Å²) in [5.41, 5.74) is 8.05. The van der Waals surface area contributed by atoms with Gasteiger partial charge in [-0.3, -0.25) is 14.5 Å². The lowest BCUT2D eigenvalue weighted by molar-refractivity contribution is -0.130. The Hall–Kier alpha value is -2.28. The summed E-state index contributed by atoms with van der Waals surface area (Å²) in [5.74, 6) is -0.312. The number of halogens is 1. The molecule has 0 radical (unpaired) electrons. The molecule has 8 heteroatoms. The molecule has 0 spiro atoms. The number of carbonyl (C=O) groups excluding carboxylic acids is 3. The molecule has 3 rings (SSSR count). The molecule has 1 aliphatic carbocycles. The van der Waals surface area contributed by atoms with Gasteiger partial charge in [0, 0.05) is 18.7 Å². The number of anilines is 1. The lowest BCUT2D eigenvalue weighted by atomic mass is 9.87. The number of imide groups is 1. The van der Waals surface area contributed by atoms with Crippen LogP contribution in [0, 0.1) is 0 Å². The lowest BCUT2D eigenvalue weighted by Gasteiger charge is -2.26. The summed E-state index contributed by atoms with van der Waals surface area (Å²) in [6.07, 6.45) is 3.62. The van der Waals surface area contributed by atoms with Crippen molar-refractivity contribution in [2.24, 2.45) is 0 Å². The van der Waals surface area contributed by atoms with Gasteiger partial charge in [0.05, 0.1) is 6.04 Å². The quantitative estimate of drug-likeness (QED) is 0.526. The second-order valence-corrected chi connectivity index (χ2v) is 7.59. The number of urea groups is 1. The predicted octanol–water partition coefficient (Wildman–Crippen LogP) is 2.29. The monoisotopic (exact) mass is 394 g/mol. The van der Waals surface area contributed by atoms with Gasteiger partial charge in [-0.25, -0.2) is 4.79 Å². The molecule has 7 nitrogen and oxygen atoms in total. The van der Waals surface area contributed by atoms with Gasteiger partial charge < -0.3 is 16.4 Å². The van der Waals surface area contributed by atoms with Crippen LogP contribution in [-0.4, -0.2) is 34.8 Å². The van der Waals surface area contributed by atoms with Gasteiger partial charge in [-0.2, -0.15) is 0 Å². The lowest BCUT2D eigenvalue weighted by Crippen LogP contribution is -2.40. The Bertz CT molecular complexity index is 750. The number of nitrogens with zero attached hydrogens (tertiary/aromatic N) is 1. The summed E-state index contributed by atoms with van der Waals surface area (Å²) >= 11 is 0. The highest BCUT2D eigenvalue weighted by Gasteiger charge is 2.43. The van der Waals surface area contributed by atoms with Gasteiger partial charge in [-0.1, -0.05) is 6.07 Å². The standard InChI is InChI=1S/C19H26N4O3.ClH/c1-19(2)17(25)23(18(26)22-19)10-4-7-16(24)21-15-6-3-5-12-11-13(20)8-9-14(12)15;/h8-9,11,15H,3-7,10,20H2,1-2H3,(H,21,24)(H,22,26);1H. The number of carbonyl (C=O) groups is 3. The number of benzene rings is 1. The van der Waals surface area contributed by atoms with Crippen LogP contribution in [0.5, 0.6) is 0 Å². The molecule has 4 N–H and O–H groups in total. The molecule has 2 aliphatic rings. The minimum absolute atomic E-state index is 0. The van der Waals surface area contributed by atoms with Crippen LogP contribution in [0.3, 0.4) is 0 Å². The molecule has 0 saturated carbocycles. The Morgan fingerprint density at radius 3 is 2.78 bits per heavy atom. The highest BCUT2D eigenvalue weighted by molar-refractivity contribution is 6.06. The van der Waals surface area contributed by atoms with Crippen molar-refractivity contribution in [3.63, 3.8) is 0 Å². The van der Waals surface area contributed by atoms with Gasteiger partial charge in [0.1, 0.15) is 5.54 Å². The third-order valence-electron chi connectivity index (χ3n) is 5.05. The summed E-state index contributed by atoms with van der Waals surface area (Å²) < 4.78 is 0. The highest BCUT2D eigenvalue weighted by atomic mass is 35.5. The normalized spacial score (nSPS) is 20.5. The van der Waals surface area contributed by atoms with Crippen LogP contribution in [0.4, 0.5) is 10.5 Å². The SMILES string of the molecule is CC1(C)NC(=O)N(CCCC(=O)NC2CCCc3cc(N)ccc32)C1=O.Cl. The van der Waals surface area contributed by atoms with Crippen molar-refractivity contribution in [2.45, 2.75) is 57.5 Å². The molecule has 0 bridgehead atoms. The molecule has 1 aliphatic heterocycles. The van der Waals surface area contributed by atoms with E-state index in [1.54, 1.807) is 13.8 Å². The van der Waals surface area contributed by atoms with E-state index in [2.05, 4.69) is 10.6 Å². The van der Waals surface area contributed by atoms with Crippen LogP contribution >= 0.6 is 12.4 Å². The van der Waals surface area contributed by atoms with E-state index < -0.39 is 5.54 Å². The third kappa shape index (κ3) is 4.53. The van der Waals surface area contributed by atoms with Gasteiger partial charge in [0.2, 0.25) is 5.91 Å². The summed E-state index contributed by atoms with van der Waals surface area (Å²) in [6, 6.07) is 5.45. The highest BCUT2D eigenvalue weighted by Crippen LogP contribution is 2.31. The average molecular weight is 395 g/mol. The van der Waals surface area contributed by atoms with Crippen LogP contribution in [-0.2, 0) is 16.0 Å². The zero-order valence-corrected chi connectivity index (χ0v) is 16.5. The largest absolute Gasteiger partial charge is 0.399 e. The summed E-state index contributed by atoms with van der Waals surface area (Å²) in [6.45, 7) is 3.60. The van der Waals surface area contributed by atoms with Crippen LogP contribution in [0.15, 0.2) is 18.2 Å². The molecule has 0 aromatic heterocycles. The van der Waals surface area contributed by atoms with Crippen LogP contribution in [0.25, 0.3) is 0 Å². The van der Waals surface area contributed by atoms with Crippen molar-refractivity contribution in [1.29, 1.82) is 0 Å². The molecule has 1 fully saturated rings. The van der Waals surface area contributed by atoms with Crippen molar-refractivity contribution in [3.05, 3.63) is 29.3 Å². The van der Waals surface area contributed by atoms with Gasteiger partial charge in [0.15, 0.2) is 0 Å². The van der Waals surface area contributed by atoms with Gasteiger partial charge in [0.25, 0.3) is 5.91 Å². The fourth-order valence-corrected chi connectivity index (χ4v) is 3.67. The fourth-order valence-electron chi connectivity index (χ4n) is 3.67. The molecule has 148 valence electrons. The predicted molar refractivity (Wildman–Crippen MR) is 105 cm³/mol. The first kappa shape index (κ1) is 21.0. The molecule has 1 aromatic rings. The topological polar surface area (TPSA) is 105 Å². The molecule has 1 saturated heterocycles. The molecule has 1 atom stereocenters. The first-order valence-electron chi connectivity index (χ1n) is 9.10. The summed E-state index contributed by atoms with van der Waals surface area (Å²) in [7, 11) is 0. The van der Waals surface area contributed by atoms with E-state index in [-0.39, 0.29) is 49.3 Å². The van der Waals surface area contributed by atoms with Crippen molar-refractivity contribution >= 4 is 35.9 Å². The number of nitrogen functional groups attached to an aromatic ring is 1. The smallest absolute Gasteiger partial charge is 0.325 e. The van der Waals surface area contributed by atoms with Gasteiger partial charge in [-0.15, -0.1) is 12.4 Å². The Kier molecular flexibility index (Phi) is 6.36. The molecule has 4 amide bonds. The van der Waals surface area contributed by atoms with Gasteiger partial charge >= 0.3 is 6.03 Å².